The van der Waals surface area contributed by atoms with Gasteiger partial charge in [-0.25, -0.2) is 4.39 Å². The first kappa shape index (κ1) is 17.6. The maximum atomic E-state index is 13.5. The van der Waals surface area contributed by atoms with Crippen LogP contribution < -0.4 is 15.8 Å². The van der Waals surface area contributed by atoms with Gasteiger partial charge in [-0.1, -0.05) is 6.42 Å². The minimum absolute atomic E-state index is 0. The zero-order chi connectivity index (χ0) is 14.7. The van der Waals surface area contributed by atoms with Crippen molar-refractivity contribution in [3.05, 3.63) is 24.0 Å². The number of alkyl halides is 2. The summed E-state index contributed by atoms with van der Waals surface area (Å²) in [6.45, 7) is -3.10. The monoisotopic (exact) mass is 324 g/mol. The van der Waals surface area contributed by atoms with E-state index in [4.69, 9.17) is 5.73 Å². The van der Waals surface area contributed by atoms with E-state index in [1.54, 1.807) is 0 Å². The van der Waals surface area contributed by atoms with Gasteiger partial charge < -0.3 is 15.8 Å². The second-order valence-electron chi connectivity index (χ2n) is 4.71. The zero-order valence-corrected chi connectivity index (χ0v) is 11.8. The highest BCUT2D eigenvalue weighted by Gasteiger charge is 2.30. The minimum Gasteiger partial charge on any atom is -0.432 e. The van der Waals surface area contributed by atoms with Gasteiger partial charge in [0.15, 0.2) is 11.6 Å². The Kier molecular flexibility index (Phi) is 6.29. The number of amides is 1. The number of anilines is 1. The molecule has 1 aromatic rings. The van der Waals surface area contributed by atoms with Crippen LogP contribution in [0.3, 0.4) is 0 Å². The fraction of sp³-hybridized carbons (Fsp3) is 0.462. The summed E-state index contributed by atoms with van der Waals surface area (Å²) in [7, 11) is 0. The molecule has 0 spiro atoms. The van der Waals surface area contributed by atoms with E-state index < -0.39 is 18.2 Å². The summed E-state index contributed by atoms with van der Waals surface area (Å²) in [5, 5.41) is 2.53. The maximum absolute atomic E-state index is 13.5. The largest absolute Gasteiger partial charge is 0.432 e. The summed E-state index contributed by atoms with van der Waals surface area (Å²) < 4.78 is 41.4. The number of carbonyl (C=O) groups excluding carboxylic acids is 1. The number of benzene rings is 1. The lowest BCUT2D eigenvalue weighted by molar-refractivity contribution is -0.120. The van der Waals surface area contributed by atoms with Gasteiger partial charge in [0.2, 0.25) is 5.91 Å². The van der Waals surface area contributed by atoms with Gasteiger partial charge in [0, 0.05) is 17.8 Å². The van der Waals surface area contributed by atoms with Gasteiger partial charge in [-0.3, -0.25) is 4.79 Å². The third-order valence-corrected chi connectivity index (χ3v) is 3.32. The van der Waals surface area contributed by atoms with Crippen LogP contribution in [0.2, 0.25) is 0 Å². The molecule has 1 fully saturated rings. The first-order valence-corrected chi connectivity index (χ1v) is 6.28. The molecule has 1 aliphatic carbocycles. The van der Waals surface area contributed by atoms with E-state index in [-0.39, 0.29) is 36.0 Å². The Hall–Kier alpha value is -1.47. The molecule has 21 heavy (non-hydrogen) atoms. The van der Waals surface area contributed by atoms with Crippen LogP contribution in [0.4, 0.5) is 18.9 Å². The van der Waals surface area contributed by atoms with Crippen LogP contribution in [0.25, 0.3) is 0 Å². The maximum Gasteiger partial charge on any atom is 0.387 e. The highest BCUT2D eigenvalue weighted by molar-refractivity contribution is 5.93. The van der Waals surface area contributed by atoms with Gasteiger partial charge in [0.1, 0.15) is 0 Å². The zero-order valence-electron chi connectivity index (χ0n) is 11.0. The van der Waals surface area contributed by atoms with Gasteiger partial charge in [0.05, 0.1) is 5.92 Å². The summed E-state index contributed by atoms with van der Waals surface area (Å²) in [4.78, 5) is 11.9. The molecule has 2 rings (SSSR count). The topological polar surface area (TPSA) is 64.4 Å². The van der Waals surface area contributed by atoms with E-state index >= 15 is 0 Å². The lowest BCUT2D eigenvalue weighted by Crippen LogP contribution is -2.34. The first-order valence-electron chi connectivity index (χ1n) is 6.28. The Balaban J connectivity index is 0.00000220. The number of nitrogens with one attached hydrogen (secondary N) is 1. The number of halogens is 4. The molecule has 2 atom stereocenters. The lowest BCUT2D eigenvalue weighted by atomic mass is 10.0. The van der Waals surface area contributed by atoms with Crippen LogP contribution in [0, 0.1) is 11.7 Å². The average Bonchev–Trinajstić information content (AvgIpc) is 2.78. The lowest BCUT2D eigenvalue weighted by Gasteiger charge is -2.15. The van der Waals surface area contributed by atoms with Gasteiger partial charge in [-0.15, -0.1) is 12.4 Å². The summed E-state index contributed by atoms with van der Waals surface area (Å²) >= 11 is 0. The van der Waals surface area contributed by atoms with Crippen molar-refractivity contribution in [2.45, 2.75) is 31.9 Å². The van der Waals surface area contributed by atoms with Crippen molar-refractivity contribution >= 4 is 24.0 Å². The van der Waals surface area contributed by atoms with Crippen molar-refractivity contribution in [1.82, 2.24) is 0 Å². The fourth-order valence-electron chi connectivity index (χ4n) is 2.32. The van der Waals surface area contributed by atoms with E-state index in [0.29, 0.717) is 6.42 Å². The van der Waals surface area contributed by atoms with Crippen molar-refractivity contribution in [2.75, 3.05) is 5.32 Å². The van der Waals surface area contributed by atoms with Gasteiger partial charge in [-0.05, 0) is 25.0 Å². The van der Waals surface area contributed by atoms with Crippen LogP contribution in [-0.4, -0.2) is 18.6 Å². The number of ether oxygens (including phenoxy) is 1. The van der Waals surface area contributed by atoms with E-state index in [0.717, 1.165) is 25.0 Å². The minimum atomic E-state index is -3.10. The van der Waals surface area contributed by atoms with E-state index in [2.05, 4.69) is 10.1 Å². The molecular formula is C13H16ClF3N2O2. The molecule has 4 nitrogen and oxygen atoms in total. The number of nitrogens with two attached hydrogens (primary N) is 1. The third-order valence-electron chi connectivity index (χ3n) is 3.32. The smallest absolute Gasteiger partial charge is 0.387 e. The van der Waals surface area contributed by atoms with Crippen molar-refractivity contribution < 1.29 is 22.7 Å². The van der Waals surface area contributed by atoms with Gasteiger partial charge in [-0.2, -0.15) is 8.78 Å². The molecule has 1 amide bonds. The molecule has 0 bridgehead atoms. The molecule has 1 aliphatic rings. The van der Waals surface area contributed by atoms with Crippen molar-refractivity contribution in [3.8, 4) is 5.75 Å². The summed E-state index contributed by atoms with van der Waals surface area (Å²) in [5.41, 5.74) is 5.99. The highest BCUT2D eigenvalue weighted by atomic mass is 35.5. The molecule has 3 N–H and O–H groups in total. The summed E-state index contributed by atoms with van der Waals surface area (Å²) in [6.07, 6.45) is 2.37. The number of hydrogen-bond donors (Lipinski definition) is 2. The second-order valence-corrected chi connectivity index (χ2v) is 4.71. The predicted molar refractivity (Wildman–Crippen MR) is 74.2 cm³/mol. The van der Waals surface area contributed by atoms with Crippen LogP contribution in [0.5, 0.6) is 5.75 Å². The Morgan fingerprint density at radius 1 is 1.38 bits per heavy atom. The summed E-state index contributed by atoms with van der Waals surface area (Å²) in [6, 6.07) is 3.10. The molecule has 1 saturated carbocycles. The molecule has 2 unspecified atom stereocenters. The van der Waals surface area contributed by atoms with E-state index in [1.165, 1.54) is 6.07 Å². The molecule has 8 heteroatoms. The van der Waals surface area contributed by atoms with Crippen LogP contribution in [0.1, 0.15) is 19.3 Å². The van der Waals surface area contributed by atoms with Crippen molar-refractivity contribution in [3.63, 3.8) is 0 Å². The molecule has 1 aromatic carbocycles. The standard InChI is InChI=1S/C13H15F3N2O2.ClH/c14-9-6-7(4-5-11(9)20-13(15)16)18-12(19)8-2-1-3-10(8)17;/h4-6,8,10,13H,1-3,17H2,(H,18,19);1H. The Morgan fingerprint density at radius 3 is 2.62 bits per heavy atom. The quantitative estimate of drug-likeness (QED) is 0.895. The van der Waals surface area contributed by atoms with Gasteiger partial charge in [0.25, 0.3) is 0 Å². The Bertz CT molecular complexity index is 502. The SMILES string of the molecule is Cl.NC1CCCC1C(=O)Nc1ccc(OC(F)F)c(F)c1. The van der Waals surface area contributed by atoms with Crippen LogP contribution >= 0.6 is 12.4 Å². The average molecular weight is 325 g/mol. The van der Waals surface area contributed by atoms with Crippen LogP contribution in [-0.2, 0) is 4.79 Å². The van der Waals surface area contributed by atoms with E-state index in [9.17, 15) is 18.0 Å². The molecule has 0 aromatic heterocycles. The van der Waals surface area contributed by atoms with Crippen LogP contribution in [0.15, 0.2) is 18.2 Å². The normalized spacial score (nSPS) is 21.0. The molecule has 0 radical (unpaired) electrons. The van der Waals surface area contributed by atoms with Crippen molar-refractivity contribution in [1.29, 1.82) is 0 Å². The number of hydrogen-bond acceptors (Lipinski definition) is 3. The fourth-order valence-corrected chi connectivity index (χ4v) is 2.32. The number of rotatable bonds is 4. The molecule has 0 aliphatic heterocycles. The second kappa shape index (κ2) is 7.51. The third kappa shape index (κ3) is 4.50. The molecule has 118 valence electrons. The van der Waals surface area contributed by atoms with E-state index in [1.807, 2.05) is 0 Å². The summed E-state index contributed by atoms with van der Waals surface area (Å²) in [5.74, 6) is -2.10. The molecule has 0 heterocycles. The highest BCUT2D eigenvalue weighted by Crippen LogP contribution is 2.27. The molecule has 0 saturated heterocycles. The molecular weight excluding hydrogens is 309 g/mol. The Morgan fingerprint density at radius 2 is 2.10 bits per heavy atom. The number of carbonyl (C=O) groups is 1. The Labute approximate surface area is 126 Å². The van der Waals surface area contributed by atoms with Gasteiger partial charge >= 0.3 is 6.61 Å². The predicted octanol–water partition coefficient (Wildman–Crippen LogP) is 2.91. The van der Waals surface area contributed by atoms with Crippen molar-refractivity contribution in [2.24, 2.45) is 11.7 Å². The first-order chi connectivity index (χ1) is 9.47.